The van der Waals surface area contributed by atoms with Crippen molar-refractivity contribution in [3.63, 3.8) is 0 Å². The zero-order valence-electron chi connectivity index (χ0n) is 9.64. The van der Waals surface area contributed by atoms with E-state index in [-0.39, 0.29) is 0 Å². The van der Waals surface area contributed by atoms with Gasteiger partial charge >= 0.3 is 0 Å². The zero-order valence-corrected chi connectivity index (χ0v) is 9.64. The molecule has 88 valence electrons. The molecule has 0 fully saturated rings. The molecule has 2 rings (SSSR count). The number of hydrogen-bond acceptors (Lipinski definition) is 6. The maximum atomic E-state index is 8.83. The summed E-state index contributed by atoms with van der Waals surface area (Å²) in [6, 6.07) is 1.98. The fourth-order valence-electron chi connectivity index (χ4n) is 1.32. The van der Waals surface area contributed by atoms with E-state index in [1.807, 2.05) is 25.1 Å². The van der Waals surface area contributed by atoms with Gasteiger partial charge in [0.05, 0.1) is 11.8 Å². The van der Waals surface area contributed by atoms with Gasteiger partial charge < -0.3 is 9.42 Å². The molecule has 0 radical (unpaired) electrons. The van der Waals surface area contributed by atoms with Gasteiger partial charge in [0.15, 0.2) is 5.82 Å². The highest BCUT2D eigenvalue weighted by Crippen LogP contribution is 2.19. The SMILES string of the molecule is CN(C)CCc1noc(-c2cn[nH]c2C#N)n1. The van der Waals surface area contributed by atoms with Crippen LogP contribution in [0.3, 0.4) is 0 Å². The number of aromatic amines is 1. The molecule has 2 heterocycles. The van der Waals surface area contributed by atoms with Crippen molar-refractivity contribution in [2.45, 2.75) is 6.42 Å². The van der Waals surface area contributed by atoms with Crippen LogP contribution in [0.5, 0.6) is 0 Å². The molecule has 0 spiro atoms. The fraction of sp³-hybridized carbons (Fsp3) is 0.400. The number of likely N-dealkylation sites (N-methyl/N-ethyl adjacent to an activating group) is 1. The van der Waals surface area contributed by atoms with E-state index in [0.29, 0.717) is 29.4 Å². The van der Waals surface area contributed by atoms with Crippen LogP contribution in [0.2, 0.25) is 0 Å². The van der Waals surface area contributed by atoms with Gasteiger partial charge in [-0.25, -0.2) is 0 Å². The first-order valence-corrected chi connectivity index (χ1v) is 5.12. The summed E-state index contributed by atoms with van der Waals surface area (Å²) in [6.45, 7) is 0.843. The Morgan fingerprint density at radius 1 is 1.53 bits per heavy atom. The molecule has 0 unspecified atom stereocenters. The lowest BCUT2D eigenvalue weighted by molar-refractivity contribution is 0.392. The molecule has 1 N–H and O–H groups in total. The first-order chi connectivity index (χ1) is 8.20. The summed E-state index contributed by atoms with van der Waals surface area (Å²) in [5, 5.41) is 19.0. The Hall–Kier alpha value is -2.20. The fourth-order valence-corrected chi connectivity index (χ4v) is 1.32. The van der Waals surface area contributed by atoms with Gasteiger partial charge in [-0.3, -0.25) is 5.10 Å². The highest BCUT2D eigenvalue weighted by Gasteiger charge is 2.14. The molecule has 0 bridgehead atoms. The number of H-pyrrole nitrogens is 1. The van der Waals surface area contributed by atoms with Crippen molar-refractivity contribution in [3.8, 4) is 17.5 Å². The summed E-state index contributed by atoms with van der Waals surface area (Å²) in [4.78, 5) is 6.25. The minimum absolute atomic E-state index is 0.323. The molecule has 2 aromatic heterocycles. The Bertz CT molecular complexity index is 535. The van der Waals surface area contributed by atoms with Gasteiger partial charge in [0.25, 0.3) is 5.89 Å². The van der Waals surface area contributed by atoms with E-state index in [0.717, 1.165) is 6.54 Å². The monoisotopic (exact) mass is 232 g/mol. The first kappa shape index (κ1) is 11.3. The summed E-state index contributed by atoms with van der Waals surface area (Å²) < 4.78 is 5.09. The number of hydrogen-bond donors (Lipinski definition) is 1. The van der Waals surface area contributed by atoms with Crippen LogP contribution in [0.4, 0.5) is 0 Å². The van der Waals surface area contributed by atoms with Crippen LogP contribution in [-0.4, -0.2) is 45.9 Å². The average molecular weight is 232 g/mol. The minimum atomic E-state index is 0.323. The van der Waals surface area contributed by atoms with E-state index in [1.54, 1.807) is 0 Å². The van der Waals surface area contributed by atoms with Gasteiger partial charge in [-0.1, -0.05) is 5.16 Å². The number of nitrogens with one attached hydrogen (secondary N) is 1. The van der Waals surface area contributed by atoms with E-state index in [2.05, 4.69) is 20.3 Å². The van der Waals surface area contributed by atoms with Crippen LogP contribution in [0.1, 0.15) is 11.5 Å². The molecule has 0 aliphatic heterocycles. The summed E-state index contributed by atoms with van der Waals surface area (Å²) in [5.74, 6) is 0.947. The number of rotatable bonds is 4. The van der Waals surface area contributed by atoms with E-state index >= 15 is 0 Å². The quantitative estimate of drug-likeness (QED) is 0.821. The lowest BCUT2D eigenvalue weighted by Gasteiger charge is -2.05. The molecule has 0 atom stereocenters. The second kappa shape index (κ2) is 4.76. The molecule has 0 saturated heterocycles. The maximum absolute atomic E-state index is 8.83. The minimum Gasteiger partial charge on any atom is -0.334 e. The van der Waals surface area contributed by atoms with Gasteiger partial charge in [-0.05, 0) is 14.1 Å². The van der Waals surface area contributed by atoms with Crippen molar-refractivity contribution < 1.29 is 4.52 Å². The molecule has 17 heavy (non-hydrogen) atoms. The topological polar surface area (TPSA) is 94.6 Å². The summed E-state index contributed by atoms with van der Waals surface area (Å²) >= 11 is 0. The van der Waals surface area contributed by atoms with E-state index in [1.165, 1.54) is 6.20 Å². The van der Waals surface area contributed by atoms with Crippen molar-refractivity contribution in [1.29, 1.82) is 5.26 Å². The third-order valence-electron chi connectivity index (χ3n) is 2.23. The largest absolute Gasteiger partial charge is 0.334 e. The molecule has 7 heteroatoms. The smallest absolute Gasteiger partial charge is 0.262 e. The first-order valence-electron chi connectivity index (χ1n) is 5.12. The molecular weight excluding hydrogens is 220 g/mol. The number of aromatic nitrogens is 4. The van der Waals surface area contributed by atoms with Gasteiger partial charge in [0, 0.05) is 13.0 Å². The Labute approximate surface area is 98.0 Å². The molecule has 0 aliphatic carbocycles. The van der Waals surface area contributed by atoms with Crippen molar-refractivity contribution in [1.82, 2.24) is 25.2 Å². The van der Waals surface area contributed by atoms with Gasteiger partial charge in [-0.15, -0.1) is 0 Å². The van der Waals surface area contributed by atoms with Gasteiger partial charge in [0.1, 0.15) is 11.8 Å². The highest BCUT2D eigenvalue weighted by atomic mass is 16.5. The van der Waals surface area contributed by atoms with Crippen molar-refractivity contribution in [2.75, 3.05) is 20.6 Å². The Morgan fingerprint density at radius 2 is 2.35 bits per heavy atom. The van der Waals surface area contributed by atoms with Crippen molar-refractivity contribution in [3.05, 3.63) is 17.7 Å². The van der Waals surface area contributed by atoms with Crippen molar-refractivity contribution >= 4 is 0 Å². The predicted molar refractivity (Wildman–Crippen MR) is 58.9 cm³/mol. The van der Waals surface area contributed by atoms with Crippen molar-refractivity contribution in [2.24, 2.45) is 0 Å². The van der Waals surface area contributed by atoms with Crippen LogP contribution in [-0.2, 0) is 6.42 Å². The van der Waals surface area contributed by atoms with Gasteiger partial charge in [0.2, 0.25) is 0 Å². The maximum Gasteiger partial charge on any atom is 0.262 e. The lowest BCUT2D eigenvalue weighted by Crippen LogP contribution is -2.15. The summed E-state index contributed by atoms with van der Waals surface area (Å²) in [6.07, 6.45) is 2.21. The molecule has 0 aliphatic rings. The average Bonchev–Trinajstić information content (AvgIpc) is 2.94. The van der Waals surface area contributed by atoms with Crippen LogP contribution < -0.4 is 0 Å². The highest BCUT2D eigenvalue weighted by molar-refractivity contribution is 5.58. The third kappa shape index (κ3) is 2.49. The third-order valence-corrected chi connectivity index (χ3v) is 2.23. The van der Waals surface area contributed by atoms with Crippen LogP contribution in [0.25, 0.3) is 11.5 Å². The molecule has 0 aromatic carbocycles. The number of nitrogens with zero attached hydrogens (tertiary/aromatic N) is 5. The summed E-state index contributed by atoms with van der Waals surface area (Å²) in [5.41, 5.74) is 0.865. The normalized spacial score (nSPS) is 10.7. The van der Waals surface area contributed by atoms with E-state index < -0.39 is 0 Å². The molecule has 7 nitrogen and oxygen atoms in total. The Morgan fingerprint density at radius 3 is 3.06 bits per heavy atom. The second-order valence-electron chi connectivity index (χ2n) is 3.84. The van der Waals surface area contributed by atoms with Crippen LogP contribution in [0, 0.1) is 11.3 Å². The van der Waals surface area contributed by atoms with Gasteiger partial charge in [-0.2, -0.15) is 15.3 Å². The second-order valence-corrected chi connectivity index (χ2v) is 3.84. The van der Waals surface area contributed by atoms with E-state index in [9.17, 15) is 0 Å². The standard InChI is InChI=1S/C10H12N6O/c1-16(2)4-3-9-13-10(17-15-9)7-6-12-14-8(7)5-11/h6H,3-4H2,1-2H3,(H,12,14). The Kier molecular flexibility index (Phi) is 3.16. The van der Waals surface area contributed by atoms with Crippen LogP contribution in [0.15, 0.2) is 10.7 Å². The molecule has 2 aromatic rings. The Balaban J connectivity index is 2.16. The van der Waals surface area contributed by atoms with Crippen LogP contribution >= 0.6 is 0 Å². The van der Waals surface area contributed by atoms with E-state index in [4.69, 9.17) is 9.78 Å². The molecular formula is C10H12N6O. The predicted octanol–water partition coefficient (Wildman–Crippen LogP) is 0.435. The molecule has 0 saturated carbocycles. The number of nitriles is 1. The lowest BCUT2D eigenvalue weighted by atomic mass is 10.2. The molecule has 0 amide bonds. The zero-order chi connectivity index (χ0) is 12.3. The summed E-state index contributed by atoms with van der Waals surface area (Å²) in [7, 11) is 3.95.